The van der Waals surface area contributed by atoms with Gasteiger partial charge >= 0.3 is 0 Å². The van der Waals surface area contributed by atoms with Gasteiger partial charge in [-0.25, -0.2) is 0 Å². The van der Waals surface area contributed by atoms with Crippen LogP contribution in [-0.2, 0) is 5.41 Å². The predicted molar refractivity (Wildman–Crippen MR) is 98.0 cm³/mol. The molecular weight excluding hydrogens is 276 g/mol. The van der Waals surface area contributed by atoms with Gasteiger partial charge in [0.25, 0.3) is 0 Å². The molecule has 0 amide bonds. The van der Waals surface area contributed by atoms with E-state index in [1.165, 1.54) is 33.4 Å². The van der Waals surface area contributed by atoms with Crippen molar-refractivity contribution in [2.75, 3.05) is 0 Å². The summed E-state index contributed by atoms with van der Waals surface area (Å²) in [6.45, 7) is 6.89. The summed E-state index contributed by atoms with van der Waals surface area (Å²) in [7, 11) is 0. The molecule has 0 radical (unpaired) electrons. The molecule has 0 bridgehead atoms. The highest BCUT2D eigenvalue weighted by Crippen LogP contribution is 2.52. The first-order chi connectivity index (χ1) is 11.1. The Morgan fingerprint density at radius 2 is 1.35 bits per heavy atom. The third kappa shape index (κ3) is 1.98. The number of hydrogen-bond donors (Lipinski definition) is 0. The molecule has 1 aliphatic carbocycles. The lowest BCUT2D eigenvalue weighted by Crippen LogP contribution is -2.22. The van der Waals surface area contributed by atoms with Crippen molar-refractivity contribution in [3.63, 3.8) is 0 Å². The maximum Gasteiger partial charge on any atom is 0.0435 e. The molecule has 0 N–H and O–H groups in total. The molecule has 3 aromatic rings. The minimum atomic E-state index is -0.0668. The van der Waals surface area contributed by atoms with E-state index in [1.54, 1.807) is 0 Å². The third-order valence-electron chi connectivity index (χ3n) is 5.36. The molecule has 0 saturated carbocycles. The van der Waals surface area contributed by atoms with Gasteiger partial charge < -0.3 is 0 Å². The first kappa shape index (κ1) is 14.3. The fourth-order valence-corrected chi connectivity index (χ4v) is 3.96. The summed E-state index contributed by atoms with van der Waals surface area (Å²) in [6.07, 6.45) is 0. The summed E-state index contributed by atoms with van der Waals surface area (Å²) in [5, 5.41) is 0. The first-order valence-corrected chi connectivity index (χ1v) is 8.42. The summed E-state index contributed by atoms with van der Waals surface area (Å²) < 4.78 is 0. The Hall–Kier alpha value is -2.34. The molecule has 4 rings (SSSR count). The molecule has 114 valence electrons. The van der Waals surface area contributed by atoms with Crippen LogP contribution >= 0.6 is 0 Å². The fraction of sp³-hybridized carbons (Fsp3) is 0.217. The minimum absolute atomic E-state index is 0.0668. The van der Waals surface area contributed by atoms with Crippen molar-refractivity contribution in [1.82, 2.24) is 0 Å². The maximum atomic E-state index is 2.40. The van der Waals surface area contributed by atoms with E-state index in [0.717, 1.165) is 0 Å². The van der Waals surface area contributed by atoms with E-state index in [9.17, 15) is 0 Å². The lowest BCUT2D eigenvalue weighted by molar-refractivity contribution is 0.713. The molecule has 23 heavy (non-hydrogen) atoms. The van der Waals surface area contributed by atoms with E-state index in [1.807, 2.05) is 0 Å². The third-order valence-corrected chi connectivity index (χ3v) is 5.36. The van der Waals surface area contributed by atoms with E-state index >= 15 is 0 Å². The monoisotopic (exact) mass is 298 g/mol. The zero-order chi connectivity index (χ0) is 16.0. The van der Waals surface area contributed by atoms with E-state index in [-0.39, 0.29) is 5.41 Å². The zero-order valence-corrected chi connectivity index (χ0v) is 14.0. The normalized spacial score (nSPS) is 18.8. The van der Waals surface area contributed by atoms with Crippen molar-refractivity contribution in [3.05, 3.63) is 95.1 Å². The molecule has 0 aliphatic heterocycles. The topological polar surface area (TPSA) is 0 Å². The molecule has 0 fully saturated rings. The molecule has 1 aliphatic rings. The molecule has 0 saturated heterocycles. The van der Waals surface area contributed by atoms with Crippen LogP contribution in [0.5, 0.6) is 0 Å². The number of benzene rings is 3. The zero-order valence-electron chi connectivity index (χ0n) is 14.0. The van der Waals surface area contributed by atoms with Gasteiger partial charge in [-0.2, -0.15) is 0 Å². The number of hydrogen-bond acceptors (Lipinski definition) is 0. The van der Waals surface area contributed by atoms with Crippen LogP contribution in [0.15, 0.2) is 72.8 Å². The highest BCUT2D eigenvalue weighted by molar-refractivity contribution is 5.83. The van der Waals surface area contributed by atoms with Crippen molar-refractivity contribution in [2.24, 2.45) is 0 Å². The Bertz CT molecular complexity index is 858. The Morgan fingerprint density at radius 3 is 2.09 bits per heavy atom. The lowest BCUT2D eigenvalue weighted by atomic mass is 9.74. The quantitative estimate of drug-likeness (QED) is 0.532. The van der Waals surface area contributed by atoms with Gasteiger partial charge in [-0.15, -0.1) is 0 Å². The number of fused-ring (bicyclic) bond motifs is 3. The predicted octanol–water partition coefficient (Wildman–Crippen LogP) is 6.14. The number of rotatable bonds is 2. The summed E-state index contributed by atoms with van der Waals surface area (Å²) in [4.78, 5) is 0. The SMILES string of the molecule is CC(C)c1ccc2c(c1)-c1ccccc1C2(C)c1ccccc1. The molecule has 0 aromatic heterocycles. The second-order valence-corrected chi connectivity index (χ2v) is 7.00. The molecule has 0 nitrogen and oxygen atoms in total. The lowest BCUT2D eigenvalue weighted by Gasteiger charge is -2.28. The molecule has 0 heterocycles. The first-order valence-electron chi connectivity index (χ1n) is 8.42. The highest BCUT2D eigenvalue weighted by atomic mass is 14.4. The van der Waals surface area contributed by atoms with Gasteiger partial charge in [-0.1, -0.05) is 86.6 Å². The van der Waals surface area contributed by atoms with Crippen LogP contribution in [0, 0.1) is 0 Å². The van der Waals surface area contributed by atoms with Crippen molar-refractivity contribution in [2.45, 2.75) is 32.1 Å². The molecular formula is C23H22. The van der Waals surface area contributed by atoms with E-state index in [4.69, 9.17) is 0 Å². The van der Waals surface area contributed by atoms with Gasteiger partial charge in [0, 0.05) is 5.41 Å². The molecule has 1 atom stereocenters. The van der Waals surface area contributed by atoms with Gasteiger partial charge in [0.15, 0.2) is 0 Å². The van der Waals surface area contributed by atoms with Gasteiger partial charge in [-0.3, -0.25) is 0 Å². The summed E-state index contributed by atoms with van der Waals surface area (Å²) in [5.74, 6) is 0.552. The molecule has 0 spiro atoms. The second kappa shape index (κ2) is 5.09. The Kier molecular flexibility index (Phi) is 3.16. The maximum absolute atomic E-state index is 2.40. The van der Waals surface area contributed by atoms with Gasteiger partial charge in [0.2, 0.25) is 0 Å². The standard InChI is InChI=1S/C23H22/c1-16(2)17-13-14-22-20(15-17)19-11-7-8-12-21(19)23(22,3)18-9-5-4-6-10-18/h4-16H,1-3H3. The van der Waals surface area contributed by atoms with Crippen molar-refractivity contribution < 1.29 is 0 Å². The Labute approximate surface area is 138 Å². The van der Waals surface area contributed by atoms with Crippen LogP contribution in [0.3, 0.4) is 0 Å². The van der Waals surface area contributed by atoms with Crippen LogP contribution < -0.4 is 0 Å². The molecule has 1 unspecified atom stereocenters. The smallest absolute Gasteiger partial charge is 0.0435 e. The summed E-state index contributed by atoms with van der Waals surface area (Å²) in [5.41, 5.74) is 8.34. The van der Waals surface area contributed by atoms with Crippen LogP contribution in [0.25, 0.3) is 11.1 Å². The summed E-state index contributed by atoms with van der Waals surface area (Å²) >= 11 is 0. The van der Waals surface area contributed by atoms with E-state index in [0.29, 0.717) is 5.92 Å². The van der Waals surface area contributed by atoms with Crippen molar-refractivity contribution >= 4 is 0 Å². The van der Waals surface area contributed by atoms with Crippen LogP contribution in [0.4, 0.5) is 0 Å². The van der Waals surface area contributed by atoms with Gasteiger partial charge in [0.05, 0.1) is 0 Å². The molecule has 3 aromatic carbocycles. The van der Waals surface area contributed by atoms with Gasteiger partial charge in [0.1, 0.15) is 0 Å². The van der Waals surface area contributed by atoms with Crippen LogP contribution in [0.1, 0.15) is 48.9 Å². The van der Waals surface area contributed by atoms with Gasteiger partial charge in [-0.05, 0) is 46.2 Å². The van der Waals surface area contributed by atoms with Crippen LogP contribution in [0.2, 0.25) is 0 Å². The van der Waals surface area contributed by atoms with E-state index < -0.39 is 0 Å². The molecule has 0 heteroatoms. The van der Waals surface area contributed by atoms with E-state index in [2.05, 4.69) is 93.6 Å². The van der Waals surface area contributed by atoms with Crippen LogP contribution in [-0.4, -0.2) is 0 Å². The highest BCUT2D eigenvalue weighted by Gasteiger charge is 2.40. The fourth-order valence-electron chi connectivity index (χ4n) is 3.96. The Morgan fingerprint density at radius 1 is 0.696 bits per heavy atom. The largest absolute Gasteiger partial charge is 0.0622 e. The average Bonchev–Trinajstić information content (AvgIpc) is 2.86. The average molecular weight is 298 g/mol. The van der Waals surface area contributed by atoms with Crippen molar-refractivity contribution in [1.29, 1.82) is 0 Å². The van der Waals surface area contributed by atoms with Crippen molar-refractivity contribution in [3.8, 4) is 11.1 Å². The second-order valence-electron chi connectivity index (χ2n) is 7.00. The Balaban J connectivity index is 2.04. The summed E-state index contributed by atoms with van der Waals surface area (Å²) in [6, 6.07) is 26.8. The minimum Gasteiger partial charge on any atom is -0.0622 e.